The van der Waals surface area contributed by atoms with Crippen molar-refractivity contribution in [1.29, 1.82) is 0 Å². The van der Waals surface area contributed by atoms with Crippen molar-refractivity contribution in [1.82, 2.24) is 9.62 Å². The molecule has 1 spiro atoms. The van der Waals surface area contributed by atoms with Crippen molar-refractivity contribution in [3.05, 3.63) is 29.8 Å². The van der Waals surface area contributed by atoms with E-state index in [-0.39, 0.29) is 11.5 Å². The molecular weight excluding hydrogens is 397 g/mol. The van der Waals surface area contributed by atoms with Gasteiger partial charge in [-0.1, -0.05) is 6.07 Å². The number of likely N-dealkylation sites (tertiary alicyclic amines) is 1. The lowest BCUT2D eigenvalue weighted by molar-refractivity contribution is -0.137. The Morgan fingerprint density at radius 2 is 1.82 bits per heavy atom. The molecule has 0 radical (unpaired) electrons. The summed E-state index contributed by atoms with van der Waals surface area (Å²) in [6, 6.07) is 3.31. The third-order valence-corrected chi connectivity index (χ3v) is 6.37. The van der Waals surface area contributed by atoms with Gasteiger partial charge in [-0.15, -0.1) is 0 Å². The maximum Gasteiger partial charge on any atom is 0.416 e. The Bertz CT molecular complexity index is 864. The molecule has 0 unspecified atom stereocenters. The second-order valence-corrected chi connectivity index (χ2v) is 10.3. The number of sulfonamides is 1. The zero-order valence-electron chi connectivity index (χ0n) is 15.8. The van der Waals surface area contributed by atoms with Gasteiger partial charge in [0.2, 0.25) is 10.0 Å². The molecule has 0 atom stereocenters. The molecule has 10 heteroatoms. The van der Waals surface area contributed by atoms with E-state index in [0.29, 0.717) is 32.0 Å². The Labute approximate surface area is 162 Å². The molecule has 6 nitrogen and oxygen atoms in total. The predicted molar refractivity (Wildman–Crippen MR) is 95.0 cm³/mol. The van der Waals surface area contributed by atoms with E-state index < -0.39 is 38.4 Å². The van der Waals surface area contributed by atoms with E-state index in [4.69, 9.17) is 4.74 Å². The molecular formula is C18H23F3N2O4S. The third kappa shape index (κ3) is 4.43. The monoisotopic (exact) mass is 420 g/mol. The summed E-state index contributed by atoms with van der Waals surface area (Å²) < 4.78 is 70.9. The highest BCUT2D eigenvalue weighted by Crippen LogP contribution is 2.49. The SMILES string of the molecule is CC(C)(C)OC(=O)N1CC2(CC(NS(=O)(=O)c3cccc(C(F)(F)F)c3)C2)C1. The summed E-state index contributed by atoms with van der Waals surface area (Å²) in [7, 11) is -4.05. The summed E-state index contributed by atoms with van der Waals surface area (Å²) >= 11 is 0. The van der Waals surface area contributed by atoms with Gasteiger partial charge in [0.25, 0.3) is 0 Å². The number of ether oxygens (including phenoxy) is 1. The van der Waals surface area contributed by atoms with Gasteiger partial charge in [-0.2, -0.15) is 13.2 Å². The zero-order chi connectivity index (χ0) is 21.0. The van der Waals surface area contributed by atoms with Crippen molar-refractivity contribution in [2.75, 3.05) is 13.1 Å². The van der Waals surface area contributed by atoms with E-state index in [1.807, 2.05) is 0 Å². The van der Waals surface area contributed by atoms with Crippen LogP contribution in [0.2, 0.25) is 0 Å². The number of hydrogen-bond acceptors (Lipinski definition) is 4. The Morgan fingerprint density at radius 3 is 2.36 bits per heavy atom. The number of nitrogens with one attached hydrogen (secondary N) is 1. The molecule has 1 aliphatic heterocycles. The molecule has 0 bridgehead atoms. The first-order valence-corrected chi connectivity index (χ1v) is 10.4. The number of halogens is 3. The highest BCUT2D eigenvalue weighted by atomic mass is 32.2. The van der Waals surface area contributed by atoms with Crippen molar-refractivity contribution in [2.24, 2.45) is 5.41 Å². The first-order chi connectivity index (χ1) is 12.7. The van der Waals surface area contributed by atoms with Gasteiger partial charge >= 0.3 is 12.3 Å². The molecule has 28 heavy (non-hydrogen) atoms. The Morgan fingerprint density at radius 1 is 1.21 bits per heavy atom. The smallest absolute Gasteiger partial charge is 0.416 e. The topological polar surface area (TPSA) is 75.7 Å². The van der Waals surface area contributed by atoms with E-state index >= 15 is 0 Å². The second kappa shape index (κ2) is 6.62. The van der Waals surface area contributed by atoms with Gasteiger partial charge in [0, 0.05) is 24.5 Å². The summed E-state index contributed by atoms with van der Waals surface area (Å²) in [5.74, 6) is 0. The van der Waals surface area contributed by atoms with Gasteiger partial charge in [-0.05, 0) is 51.8 Å². The van der Waals surface area contributed by atoms with Gasteiger partial charge in [-0.25, -0.2) is 17.9 Å². The van der Waals surface area contributed by atoms with Crippen LogP contribution in [0, 0.1) is 5.41 Å². The van der Waals surface area contributed by atoms with Crippen LogP contribution in [0.5, 0.6) is 0 Å². The molecule has 156 valence electrons. The van der Waals surface area contributed by atoms with E-state index in [0.717, 1.165) is 18.2 Å². The molecule has 3 rings (SSSR count). The van der Waals surface area contributed by atoms with Crippen LogP contribution in [0.4, 0.5) is 18.0 Å². The van der Waals surface area contributed by atoms with Gasteiger partial charge in [0.1, 0.15) is 5.60 Å². The van der Waals surface area contributed by atoms with E-state index in [1.54, 1.807) is 25.7 Å². The van der Waals surface area contributed by atoms with Crippen LogP contribution in [0.25, 0.3) is 0 Å². The predicted octanol–water partition coefficient (Wildman–Crippen LogP) is 3.38. The molecule has 1 saturated carbocycles. The van der Waals surface area contributed by atoms with E-state index in [2.05, 4.69) is 4.72 Å². The molecule has 1 heterocycles. The normalized spacial score (nSPS) is 19.9. The van der Waals surface area contributed by atoms with Crippen molar-refractivity contribution in [2.45, 2.75) is 56.3 Å². The Kier molecular flexibility index (Phi) is 4.94. The minimum absolute atomic E-state index is 0.141. The number of rotatable bonds is 3. The fourth-order valence-corrected chi connectivity index (χ4v) is 4.95. The van der Waals surface area contributed by atoms with Crippen LogP contribution >= 0.6 is 0 Å². The largest absolute Gasteiger partial charge is 0.444 e. The Hall–Kier alpha value is -1.81. The molecule has 1 N–H and O–H groups in total. The lowest BCUT2D eigenvalue weighted by atomic mass is 9.61. The van der Waals surface area contributed by atoms with Crippen LogP contribution in [-0.2, 0) is 20.9 Å². The average molecular weight is 420 g/mol. The number of nitrogens with zero attached hydrogens (tertiary/aromatic N) is 1. The molecule has 0 aromatic heterocycles. The lowest BCUT2D eigenvalue weighted by Crippen LogP contribution is -2.67. The summed E-state index contributed by atoms with van der Waals surface area (Å²) in [5, 5.41) is 0. The molecule has 1 aliphatic carbocycles. The summed E-state index contributed by atoms with van der Waals surface area (Å²) in [4.78, 5) is 13.1. The Balaban J connectivity index is 1.55. The number of carbonyl (C=O) groups is 1. The van der Waals surface area contributed by atoms with Crippen molar-refractivity contribution >= 4 is 16.1 Å². The minimum Gasteiger partial charge on any atom is -0.444 e. The number of carbonyl (C=O) groups excluding carboxylic acids is 1. The zero-order valence-corrected chi connectivity index (χ0v) is 16.7. The number of alkyl halides is 3. The summed E-state index contributed by atoms with van der Waals surface area (Å²) in [6.07, 6.45) is -3.94. The van der Waals surface area contributed by atoms with Crippen LogP contribution in [0.1, 0.15) is 39.2 Å². The van der Waals surface area contributed by atoms with Gasteiger partial charge in [-0.3, -0.25) is 0 Å². The van der Waals surface area contributed by atoms with E-state index in [9.17, 15) is 26.4 Å². The maximum atomic E-state index is 12.8. The van der Waals surface area contributed by atoms with Crippen molar-refractivity contribution in [3.63, 3.8) is 0 Å². The third-order valence-electron chi connectivity index (χ3n) is 4.86. The molecule has 2 fully saturated rings. The fourth-order valence-electron chi connectivity index (χ4n) is 3.67. The number of benzene rings is 1. The van der Waals surface area contributed by atoms with Gasteiger partial charge in [0.15, 0.2) is 0 Å². The standard InChI is InChI=1S/C18H23F3N2O4S/c1-16(2,3)27-15(24)23-10-17(11-23)8-13(9-17)22-28(25,26)14-6-4-5-12(7-14)18(19,20)21/h4-7,13,22H,8-11H2,1-3H3. The van der Waals surface area contributed by atoms with Crippen LogP contribution in [0.3, 0.4) is 0 Å². The second-order valence-electron chi connectivity index (χ2n) is 8.59. The van der Waals surface area contributed by atoms with Crippen molar-refractivity contribution < 1.29 is 31.1 Å². The first-order valence-electron chi connectivity index (χ1n) is 8.87. The average Bonchev–Trinajstić information content (AvgIpc) is 2.45. The van der Waals surface area contributed by atoms with Crippen molar-refractivity contribution in [3.8, 4) is 0 Å². The van der Waals surface area contributed by atoms with Gasteiger partial charge < -0.3 is 9.64 Å². The summed E-state index contributed by atoms with van der Waals surface area (Å²) in [6.45, 7) is 6.32. The maximum absolute atomic E-state index is 12.8. The van der Waals surface area contributed by atoms with Crippen LogP contribution in [0.15, 0.2) is 29.2 Å². The molecule has 1 aromatic carbocycles. The van der Waals surface area contributed by atoms with Crippen LogP contribution in [-0.4, -0.2) is 44.1 Å². The fraction of sp³-hybridized carbons (Fsp3) is 0.611. The lowest BCUT2D eigenvalue weighted by Gasteiger charge is -2.58. The molecule has 1 amide bonds. The van der Waals surface area contributed by atoms with E-state index in [1.165, 1.54) is 0 Å². The molecule has 1 saturated heterocycles. The summed E-state index contributed by atoms with van der Waals surface area (Å²) in [5.41, 5.74) is -1.73. The first kappa shape index (κ1) is 20.9. The number of amides is 1. The minimum atomic E-state index is -4.61. The number of hydrogen-bond donors (Lipinski definition) is 1. The molecule has 1 aromatic rings. The quantitative estimate of drug-likeness (QED) is 0.814. The van der Waals surface area contributed by atoms with Crippen LogP contribution < -0.4 is 4.72 Å². The molecule has 2 aliphatic rings. The highest BCUT2D eigenvalue weighted by molar-refractivity contribution is 7.89. The highest BCUT2D eigenvalue weighted by Gasteiger charge is 2.55. The van der Waals surface area contributed by atoms with Gasteiger partial charge in [0.05, 0.1) is 10.5 Å².